The van der Waals surface area contributed by atoms with Crippen molar-refractivity contribution in [3.8, 4) is 5.75 Å². The molecule has 2 aliphatic rings. The topological polar surface area (TPSA) is 72.5 Å². The Kier molecular flexibility index (Phi) is 10.9. The number of ether oxygens (including phenoxy) is 1. The van der Waals surface area contributed by atoms with Gasteiger partial charge in [0.2, 0.25) is 5.91 Å². The highest BCUT2D eigenvalue weighted by atomic mass is 16.5. The van der Waals surface area contributed by atoms with Crippen LogP contribution in [-0.2, 0) is 20.8 Å². The van der Waals surface area contributed by atoms with Crippen molar-refractivity contribution in [2.24, 2.45) is 17.8 Å². The number of rotatable bonds is 9. The quantitative estimate of drug-likeness (QED) is 0.526. The molecule has 1 N–H and O–H groups in total. The second-order valence-electron chi connectivity index (χ2n) is 9.49. The van der Waals surface area contributed by atoms with Crippen LogP contribution in [0.2, 0.25) is 0 Å². The third-order valence-electron chi connectivity index (χ3n) is 6.33. The summed E-state index contributed by atoms with van der Waals surface area (Å²) in [5, 5.41) is 3.08. The number of fused-ring (bicyclic) bond motifs is 11. The normalized spacial score (nSPS) is 22.2. The molecule has 0 fully saturated rings. The molecule has 3 rings (SSSR count). The highest BCUT2D eigenvalue weighted by Crippen LogP contribution is 2.28. The van der Waals surface area contributed by atoms with Gasteiger partial charge in [0, 0.05) is 24.7 Å². The van der Waals surface area contributed by atoms with Gasteiger partial charge in [-0.15, -0.1) is 0 Å². The molecule has 0 spiro atoms. The molecule has 2 aliphatic heterocycles. The fourth-order valence-electron chi connectivity index (χ4n) is 4.51. The molecule has 0 saturated carbocycles. The SMILES string of the molecule is CCCCCC(=O)C1Cc2ccc(cc2)OCCCC(C(=O)CC)C(CC(C)C)C(=O)N1. The molecule has 0 radical (unpaired) electrons. The molecule has 2 heterocycles. The van der Waals surface area contributed by atoms with Crippen molar-refractivity contribution in [3.63, 3.8) is 0 Å². The van der Waals surface area contributed by atoms with E-state index in [4.69, 9.17) is 4.74 Å². The number of hydrogen-bond donors (Lipinski definition) is 1. The number of carbonyl (C=O) groups is 3. The van der Waals surface area contributed by atoms with Gasteiger partial charge in [-0.05, 0) is 55.7 Å². The predicted molar refractivity (Wildman–Crippen MR) is 128 cm³/mol. The maximum absolute atomic E-state index is 13.5. The number of Topliss-reactive ketones (excluding diaryl/α,β-unsaturated/α-hetero) is 2. The molecule has 5 nitrogen and oxygen atoms in total. The van der Waals surface area contributed by atoms with Gasteiger partial charge in [0.25, 0.3) is 0 Å². The minimum Gasteiger partial charge on any atom is -0.494 e. The van der Waals surface area contributed by atoms with E-state index < -0.39 is 12.0 Å². The van der Waals surface area contributed by atoms with Gasteiger partial charge in [-0.25, -0.2) is 0 Å². The standard InChI is InChI=1S/C27H41NO4/c1-5-7-8-11-26(30)24-18-20-12-14-21(15-13-20)32-16-9-10-22(25(29)6-2)23(17-19(3)4)27(31)28-24/h12-15,19,22-24H,5-11,16-18H2,1-4H3,(H,28,31). The van der Waals surface area contributed by atoms with Gasteiger partial charge in [-0.2, -0.15) is 0 Å². The number of nitrogens with one attached hydrogen (secondary N) is 1. The Labute approximate surface area is 193 Å². The summed E-state index contributed by atoms with van der Waals surface area (Å²) in [7, 11) is 0. The van der Waals surface area contributed by atoms with Gasteiger partial charge >= 0.3 is 0 Å². The molecule has 1 aromatic carbocycles. The van der Waals surface area contributed by atoms with Gasteiger partial charge in [-0.3, -0.25) is 14.4 Å². The van der Waals surface area contributed by atoms with E-state index in [-0.39, 0.29) is 29.3 Å². The zero-order valence-electron chi connectivity index (χ0n) is 20.3. The molecule has 1 aromatic rings. The second kappa shape index (κ2) is 13.4. The van der Waals surface area contributed by atoms with E-state index in [0.717, 1.165) is 30.6 Å². The van der Waals surface area contributed by atoms with Crippen LogP contribution in [0, 0.1) is 17.8 Å². The lowest BCUT2D eigenvalue weighted by Crippen LogP contribution is -2.47. The van der Waals surface area contributed by atoms with Gasteiger partial charge in [-0.1, -0.05) is 52.7 Å². The Morgan fingerprint density at radius 1 is 1.09 bits per heavy atom. The molecular formula is C27H41NO4. The lowest BCUT2D eigenvalue weighted by Gasteiger charge is -2.29. The maximum Gasteiger partial charge on any atom is 0.224 e. The molecule has 0 aromatic heterocycles. The van der Waals surface area contributed by atoms with Crippen molar-refractivity contribution in [1.82, 2.24) is 5.32 Å². The summed E-state index contributed by atoms with van der Waals surface area (Å²) in [6, 6.07) is 7.19. The average Bonchev–Trinajstić information content (AvgIpc) is 2.77. The van der Waals surface area contributed by atoms with Crippen LogP contribution < -0.4 is 10.1 Å². The van der Waals surface area contributed by atoms with Crippen LogP contribution in [0.1, 0.15) is 84.6 Å². The lowest BCUT2D eigenvalue weighted by molar-refractivity contribution is -0.136. The number of ketones is 2. The van der Waals surface area contributed by atoms with Crippen molar-refractivity contribution in [2.75, 3.05) is 6.61 Å². The third kappa shape index (κ3) is 8.07. The van der Waals surface area contributed by atoms with E-state index in [2.05, 4.69) is 26.1 Å². The summed E-state index contributed by atoms with van der Waals surface area (Å²) in [6.45, 7) is 8.63. The molecule has 178 valence electrons. The molecule has 2 bridgehead atoms. The number of carbonyl (C=O) groups excluding carboxylic acids is 3. The molecule has 1 amide bonds. The molecule has 32 heavy (non-hydrogen) atoms. The maximum atomic E-state index is 13.5. The smallest absolute Gasteiger partial charge is 0.224 e. The third-order valence-corrected chi connectivity index (χ3v) is 6.33. The molecule has 3 atom stereocenters. The largest absolute Gasteiger partial charge is 0.494 e. The van der Waals surface area contributed by atoms with Gasteiger partial charge in [0.15, 0.2) is 5.78 Å². The Morgan fingerprint density at radius 2 is 1.81 bits per heavy atom. The zero-order chi connectivity index (χ0) is 23.5. The fraction of sp³-hybridized carbons (Fsp3) is 0.667. The number of benzene rings is 1. The van der Waals surface area contributed by atoms with Crippen molar-refractivity contribution >= 4 is 17.5 Å². The first kappa shape index (κ1) is 26.1. The zero-order valence-corrected chi connectivity index (χ0v) is 20.3. The summed E-state index contributed by atoms with van der Waals surface area (Å²) in [5.74, 6) is 0.334. The van der Waals surface area contributed by atoms with Crippen LogP contribution in [0.5, 0.6) is 5.75 Å². The van der Waals surface area contributed by atoms with Crippen LogP contribution in [-0.4, -0.2) is 30.1 Å². The van der Waals surface area contributed by atoms with E-state index in [1.165, 1.54) is 0 Å². The van der Waals surface area contributed by atoms with Crippen molar-refractivity contribution in [1.29, 1.82) is 0 Å². The summed E-state index contributed by atoms with van der Waals surface area (Å²) >= 11 is 0. The van der Waals surface area contributed by atoms with E-state index in [1.54, 1.807) is 0 Å². The number of hydrogen-bond acceptors (Lipinski definition) is 4. The Balaban J connectivity index is 2.35. The Hall–Kier alpha value is -2.17. The van der Waals surface area contributed by atoms with E-state index in [1.807, 2.05) is 31.2 Å². The lowest BCUT2D eigenvalue weighted by atomic mass is 9.78. The Morgan fingerprint density at radius 3 is 2.44 bits per heavy atom. The molecule has 0 aliphatic carbocycles. The first-order valence-electron chi connectivity index (χ1n) is 12.4. The van der Waals surface area contributed by atoms with Crippen molar-refractivity contribution in [3.05, 3.63) is 29.8 Å². The van der Waals surface area contributed by atoms with Crippen molar-refractivity contribution < 1.29 is 19.1 Å². The predicted octanol–water partition coefficient (Wildman–Crippen LogP) is 5.29. The molecule has 3 unspecified atom stereocenters. The van der Waals surface area contributed by atoms with Crippen LogP contribution in [0.4, 0.5) is 0 Å². The first-order chi connectivity index (χ1) is 15.3. The average molecular weight is 444 g/mol. The summed E-state index contributed by atoms with van der Waals surface area (Å²) < 4.78 is 5.87. The van der Waals surface area contributed by atoms with Gasteiger partial charge in [0.1, 0.15) is 11.5 Å². The fourth-order valence-corrected chi connectivity index (χ4v) is 4.51. The van der Waals surface area contributed by atoms with E-state index in [9.17, 15) is 14.4 Å². The highest BCUT2D eigenvalue weighted by molar-refractivity contribution is 5.93. The van der Waals surface area contributed by atoms with Crippen LogP contribution in [0.25, 0.3) is 0 Å². The second-order valence-corrected chi connectivity index (χ2v) is 9.49. The van der Waals surface area contributed by atoms with Crippen molar-refractivity contribution in [2.45, 2.75) is 91.5 Å². The van der Waals surface area contributed by atoms with Crippen LogP contribution in [0.15, 0.2) is 24.3 Å². The monoisotopic (exact) mass is 443 g/mol. The summed E-state index contributed by atoms with van der Waals surface area (Å²) in [6.07, 6.45) is 6.17. The highest BCUT2D eigenvalue weighted by Gasteiger charge is 2.35. The summed E-state index contributed by atoms with van der Waals surface area (Å²) in [5.41, 5.74) is 0.991. The minimum absolute atomic E-state index is 0.0703. The number of amides is 1. The van der Waals surface area contributed by atoms with E-state index in [0.29, 0.717) is 45.1 Å². The van der Waals surface area contributed by atoms with Gasteiger partial charge in [0.05, 0.1) is 12.6 Å². The molecule has 0 saturated heterocycles. The van der Waals surface area contributed by atoms with Gasteiger partial charge < -0.3 is 10.1 Å². The van der Waals surface area contributed by atoms with Crippen LogP contribution in [0.3, 0.4) is 0 Å². The first-order valence-corrected chi connectivity index (χ1v) is 12.4. The molecule has 5 heteroatoms. The number of unbranched alkanes of at least 4 members (excludes halogenated alkanes) is 2. The van der Waals surface area contributed by atoms with Crippen LogP contribution >= 0.6 is 0 Å². The minimum atomic E-state index is -0.568. The Bertz CT molecular complexity index is 741. The molecular weight excluding hydrogens is 402 g/mol. The summed E-state index contributed by atoms with van der Waals surface area (Å²) in [4.78, 5) is 39.4. The van der Waals surface area contributed by atoms with E-state index >= 15 is 0 Å².